The number of halogens is 2. The number of allylic oxidation sites excluding steroid dienone is 1. The van der Waals surface area contributed by atoms with Gasteiger partial charge in [-0.1, -0.05) is 60.6 Å². The third-order valence-corrected chi connectivity index (χ3v) is 14.7. The van der Waals surface area contributed by atoms with Crippen LogP contribution in [-0.2, 0) is 14.8 Å². The molecule has 0 atom stereocenters. The molecule has 16 heteroatoms. The van der Waals surface area contributed by atoms with Crippen LogP contribution in [0, 0.1) is 12.3 Å². The predicted octanol–water partition coefficient (Wildman–Crippen LogP) is 8.58. The molecule has 2 saturated heterocycles. The Morgan fingerprint density at radius 1 is 1.03 bits per heavy atom. The van der Waals surface area contributed by atoms with Gasteiger partial charge >= 0.3 is 0 Å². The van der Waals surface area contributed by atoms with E-state index in [2.05, 4.69) is 55.5 Å². The van der Waals surface area contributed by atoms with Crippen LogP contribution in [-0.4, -0.2) is 92.4 Å². The lowest BCUT2D eigenvalue weighted by molar-refractivity contribution is -0.0324. The average molecular weight is 863 g/mol. The lowest BCUT2D eigenvalue weighted by Gasteiger charge is -2.39. The zero-order valence-corrected chi connectivity index (χ0v) is 35.7. The summed E-state index contributed by atoms with van der Waals surface area (Å²) in [7, 11) is -4.41. The first-order valence-electron chi connectivity index (χ1n) is 19.9. The largest absolute Gasteiger partial charge is 0.467 e. The normalized spacial score (nSPS) is 18.6. The van der Waals surface area contributed by atoms with Gasteiger partial charge in [0, 0.05) is 75.6 Å². The molecule has 3 aliphatic rings. The van der Waals surface area contributed by atoms with Crippen LogP contribution in [0.1, 0.15) is 67.6 Å². The number of alkyl halides is 1. The van der Waals surface area contributed by atoms with E-state index in [0.29, 0.717) is 11.3 Å². The molecule has 4 heterocycles. The maximum atomic E-state index is 15.1. The number of H-pyrrole nitrogens is 1. The highest BCUT2D eigenvalue weighted by molar-refractivity contribution is 7.92. The van der Waals surface area contributed by atoms with Gasteiger partial charge in [0.2, 0.25) is 0 Å². The van der Waals surface area contributed by atoms with Crippen molar-refractivity contribution in [2.75, 3.05) is 57.4 Å². The minimum atomic E-state index is -4.41. The van der Waals surface area contributed by atoms with E-state index in [0.717, 1.165) is 79.5 Å². The van der Waals surface area contributed by atoms with Crippen molar-refractivity contribution in [3.63, 3.8) is 0 Å². The predicted molar refractivity (Wildman–Crippen MR) is 228 cm³/mol. The summed E-state index contributed by atoms with van der Waals surface area (Å²) >= 11 is 6.98. The minimum Gasteiger partial charge on any atom is -0.467 e. The number of carbonyl (C=O) groups is 1. The van der Waals surface area contributed by atoms with Gasteiger partial charge in [0.1, 0.15) is 23.5 Å². The molecule has 1 amide bonds. The number of hydrogen-bond donors (Lipinski definition) is 2. The van der Waals surface area contributed by atoms with E-state index in [9.17, 15) is 13.2 Å². The molecule has 12 nitrogen and oxygen atoms in total. The molecule has 1 aliphatic carbocycles. The van der Waals surface area contributed by atoms with Crippen LogP contribution < -0.4 is 19.1 Å². The topological polar surface area (TPSA) is 139 Å². The number of imidazole rings is 1. The van der Waals surface area contributed by atoms with Crippen molar-refractivity contribution in [2.24, 2.45) is 5.41 Å². The molecular weight excluding hydrogens is 815 g/mol. The van der Waals surface area contributed by atoms with Gasteiger partial charge in [-0.25, -0.2) is 27.5 Å². The van der Waals surface area contributed by atoms with Gasteiger partial charge in [-0.2, -0.15) is 0 Å². The number of aromatic amines is 1. The van der Waals surface area contributed by atoms with Crippen LogP contribution >= 0.6 is 22.9 Å². The number of fused-ring (bicyclic) bond motifs is 1. The number of piperazine rings is 1. The molecule has 2 N–H and O–H groups in total. The quantitative estimate of drug-likeness (QED) is 0.125. The highest BCUT2D eigenvalue weighted by atomic mass is 35.5. The minimum absolute atomic E-state index is 0.000760. The van der Waals surface area contributed by atoms with E-state index < -0.39 is 21.6 Å². The van der Waals surface area contributed by atoms with Crippen LogP contribution in [0.3, 0.4) is 0 Å². The molecule has 312 valence electrons. The Hall–Kier alpha value is -4.54. The summed E-state index contributed by atoms with van der Waals surface area (Å²) in [5, 5.41) is 0.736. The Labute approximate surface area is 352 Å². The number of ether oxygens (including phenoxy) is 3. The second kappa shape index (κ2) is 16.8. The van der Waals surface area contributed by atoms with Gasteiger partial charge in [-0.05, 0) is 79.1 Å². The zero-order chi connectivity index (χ0) is 41.4. The summed E-state index contributed by atoms with van der Waals surface area (Å²) in [6, 6.07) is 18.8. The van der Waals surface area contributed by atoms with Gasteiger partial charge in [0.25, 0.3) is 21.1 Å². The Morgan fingerprint density at radius 3 is 2.56 bits per heavy atom. The number of amides is 1. The van der Waals surface area contributed by atoms with Crippen LogP contribution in [0.2, 0.25) is 5.02 Å². The number of hydrogen-bond acceptors (Lipinski definition) is 11. The molecule has 0 saturated carbocycles. The highest BCUT2D eigenvalue weighted by Crippen LogP contribution is 2.44. The molecule has 0 spiro atoms. The van der Waals surface area contributed by atoms with Gasteiger partial charge in [-0.15, -0.1) is 0 Å². The van der Waals surface area contributed by atoms with Crippen molar-refractivity contribution in [3.8, 4) is 16.7 Å². The van der Waals surface area contributed by atoms with E-state index in [1.165, 1.54) is 23.6 Å². The van der Waals surface area contributed by atoms with Gasteiger partial charge in [-0.3, -0.25) is 9.69 Å². The van der Waals surface area contributed by atoms with Crippen molar-refractivity contribution in [1.82, 2.24) is 24.6 Å². The monoisotopic (exact) mass is 862 g/mol. The number of rotatable bonds is 12. The molecule has 0 bridgehead atoms. The van der Waals surface area contributed by atoms with E-state index in [1.807, 2.05) is 30.3 Å². The summed E-state index contributed by atoms with van der Waals surface area (Å²) in [5.41, 5.74) is 5.08. The number of para-hydroxylation sites is 1. The van der Waals surface area contributed by atoms with Crippen LogP contribution in [0.15, 0.2) is 76.8 Å². The number of benzene rings is 3. The van der Waals surface area contributed by atoms with Crippen LogP contribution in [0.25, 0.3) is 16.6 Å². The number of sulfonamides is 1. The Kier molecular flexibility index (Phi) is 11.8. The van der Waals surface area contributed by atoms with Crippen molar-refractivity contribution in [3.05, 3.63) is 94.4 Å². The molecule has 2 aromatic heterocycles. The molecule has 3 aromatic carbocycles. The standard InChI is InChI=1S/C43H48ClFN6O6S2/c1-28-40(58-41(48-28)56-26-43(45)15-21-55-22-16-43)59(53,54)49-39(52)33-12-11-32(23-37(33)57-36-6-4-5-35-38(36)47-27-46-35)51-19-17-50(18-20-51)25-30-13-14-42(2,3)24-34(30)29-7-9-31(44)10-8-29/h4-12,23,27H,13-22,24-26H2,1-3H3,(H,46,47)(H,49,52). The molecule has 0 unspecified atom stereocenters. The fourth-order valence-corrected chi connectivity index (χ4v) is 10.4. The summed E-state index contributed by atoms with van der Waals surface area (Å²) in [6.45, 7) is 10.5. The molecule has 2 aliphatic heterocycles. The van der Waals surface area contributed by atoms with E-state index in [-0.39, 0.29) is 64.5 Å². The van der Waals surface area contributed by atoms with E-state index in [1.54, 1.807) is 24.5 Å². The number of aromatic nitrogens is 3. The number of nitrogens with one attached hydrogen (secondary N) is 2. The maximum absolute atomic E-state index is 15.1. The molecule has 8 rings (SSSR count). The summed E-state index contributed by atoms with van der Waals surface area (Å²) in [5.74, 6) is -0.310. The van der Waals surface area contributed by atoms with Crippen molar-refractivity contribution >= 4 is 61.2 Å². The van der Waals surface area contributed by atoms with Crippen molar-refractivity contribution < 1.29 is 31.8 Å². The SMILES string of the molecule is Cc1nc(OCC2(F)CCOCC2)sc1S(=O)(=O)NC(=O)c1ccc(N2CCN(CC3=C(c4ccc(Cl)cc4)CC(C)(C)CC3)CC2)cc1Oc1cccc2[nH]cnc12. The first-order chi connectivity index (χ1) is 28.2. The fraction of sp³-hybridized carbons (Fsp3) is 0.419. The maximum Gasteiger partial charge on any atom is 0.275 e. The molecule has 5 aromatic rings. The van der Waals surface area contributed by atoms with Crippen LogP contribution in [0.4, 0.5) is 10.1 Å². The molecule has 59 heavy (non-hydrogen) atoms. The van der Waals surface area contributed by atoms with Crippen molar-refractivity contribution in [1.29, 1.82) is 0 Å². The highest BCUT2D eigenvalue weighted by Gasteiger charge is 2.35. The van der Waals surface area contributed by atoms with Gasteiger partial charge in [0.15, 0.2) is 9.96 Å². The number of carbonyl (C=O) groups excluding carboxylic acids is 1. The van der Waals surface area contributed by atoms with Gasteiger partial charge < -0.3 is 24.1 Å². The van der Waals surface area contributed by atoms with Crippen LogP contribution in [0.5, 0.6) is 16.7 Å². The average Bonchev–Trinajstić information content (AvgIpc) is 3.86. The van der Waals surface area contributed by atoms with E-state index in [4.69, 9.17) is 25.8 Å². The second-order valence-electron chi connectivity index (χ2n) is 16.4. The fourth-order valence-electron chi connectivity index (χ4n) is 7.98. The van der Waals surface area contributed by atoms with Gasteiger partial charge in [0.05, 0.1) is 23.1 Å². The third-order valence-electron chi connectivity index (χ3n) is 11.4. The first-order valence-corrected chi connectivity index (χ1v) is 22.5. The van der Waals surface area contributed by atoms with Crippen molar-refractivity contribution in [2.45, 2.75) is 62.8 Å². The zero-order valence-electron chi connectivity index (χ0n) is 33.4. The summed E-state index contributed by atoms with van der Waals surface area (Å²) in [4.78, 5) is 30.4. The summed E-state index contributed by atoms with van der Waals surface area (Å²) < 4.78 is 61.8. The smallest absolute Gasteiger partial charge is 0.275 e. The number of nitrogens with zero attached hydrogens (tertiary/aromatic N) is 4. The Bertz CT molecular complexity index is 2470. The lowest BCUT2D eigenvalue weighted by atomic mass is 9.72. The lowest BCUT2D eigenvalue weighted by Crippen LogP contribution is -2.47. The molecule has 2 fully saturated rings. The van der Waals surface area contributed by atoms with E-state index >= 15 is 4.39 Å². The number of aryl methyl sites for hydroxylation is 1. The molecule has 0 radical (unpaired) electrons. The Balaban J connectivity index is 1.00. The Morgan fingerprint density at radius 2 is 1.80 bits per heavy atom. The number of thiazole rings is 1. The second-order valence-corrected chi connectivity index (χ2v) is 19.6. The third kappa shape index (κ3) is 9.44. The first kappa shape index (κ1) is 41.2. The summed E-state index contributed by atoms with van der Waals surface area (Å²) in [6.07, 6.45) is 5.14. The molecular formula is C43H48ClFN6O6S2. The number of anilines is 1.